The van der Waals surface area contributed by atoms with Gasteiger partial charge < -0.3 is 10.2 Å². The van der Waals surface area contributed by atoms with E-state index in [1.54, 1.807) is 0 Å². The molecule has 29 heavy (non-hydrogen) atoms. The van der Waals surface area contributed by atoms with Crippen LogP contribution in [0.5, 0.6) is 0 Å². The predicted molar refractivity (Wildman–Crippen MR) is 120 cm³/mol. The van der Waals surface area contributed by atoms with Crippen molar-refractivity contribution in [3.8, 4) is 0 Å². The molecule has 0 spiro atoms. The number of hydrogen-bond acceptors (Lipinski definition) is 2. The fourth-order valence-electron chi connectivity index (χ4n) is 8.13. The standard InChI is InChI=1S/C27H44O2/c1-17(2)18(3)6-7-19(4)23-10-11-24-22-9-8-20-16-21(28)12-15-27(20,29)25(22)13-14-26(23,24)5/h8,17,19,21-25,28-29H,3,6-7,9-16H2,1-2,4-5H3. The van der Waals surface area contributed by atoms with Crippen molar-refractivity contribution >= 4 is 0 Å². The molecule has 2 nitrogen and oxygen atoms in total. The lowest BCUT2D eigenvalue weighted by atomic mass is 9.49. The summed E-state index contributed by atoms with van der Waals surface area (Å²) >= 11 is 0. The fraction of sp³-hybridized carbons (Fsp3) is 0.852. The van der Waals surface area contributed by atoms with Gasteiger partial charge in [0.15, 0.2) is 0 Å². The van der Waals surface area contributed by atoms with Crippen molar-refractivity contribution in [1.82, 2.24) is 0 Å². The number of fused-ring (bicyclic) bond motifs is 5. The first-order valence-corrected chi connectivity index (χ1v) is 12.4. The van der Waals surface area contributed by atoms with E-state index in [9.17, 15) is 10.2 Å². The summed E-state index contributed by atoms with van der Waals surface area (Å²) < 4.78 is 0. The zero-order chi connectivity index (χ0) is 21.0. The van der Waals surface area contributed by atoms with Gasteiger partial charge in [-0.05, 0) is 111 Å². The second-order valence-electron chi connectivity index (χ2n) is 11.7. The van der Waals surface area contributed by atoms with Gasteiger partial charge in [0.2, 0.25) is 0 Å². The summed E-state index contributed by atoms with van der Waals surface area (Å²) in [5.41, 5.74) is 2.39. The minimum atomic E-state index is -0.623. The molecule has 164 valence electrons. The third kappa shape index (κ3) is 3.57. The summed E-state index contributed by atoms with van der Waals surface area (Å²) in [4.78, 5) is 0. The molecule has 4 aliphatic carbocycles. The average molecular weight is 401 g/mol. The van der Waals surface area contributed by atoms with Crippen LogP contribution in [-0.2, 0) is 0 Å². The molecule has 8 unspecified atom stereocenters. The largest absolute Gasteiger partial charge is 0.393 e. The highest BCUT2D eigenvalue weighted by Gasteiger charge is 2.59. The minimum Gasteiger partial charge on any atom is -0.393 e. The average Bonchev–Trinajstić information content (AvgIpc) is 3.03. The third-order valence-corrected chi connectivity index (χ3v) is 10.1. The molecule has 0 aromatic rings. The molecule has 4 aliphatic rings. The molecule has 2 heteroatoms. The van der Waals surface area contributed by atoms with Gasteiger partial charge in [-0.2, -0.15) is 0 Å². The molecule has 3 saturated carbocycles. The van der Waals surface area contributed by atoms with E-state index in [1.165, 1.54) is 44.1 Å². The van der Waals surface area contributed by atoms with Gasteiger partial charge in [0.1, 0.15) is 0 Å². The normalized spacial score (nSPS) is 45.2. The Morgan fingerprint density at radius 1 is 1.14 bits per heavy atom. The van der Waals surface area contributed by atoms with Crippen LogP contribution in [0.2, 0.25) is 0 Å². The maximum Gasteiger partial charge on any atom is 0.0889 e. The summed E-state index contributed by atoms with van der Waals surface area (Å²) in [6.45, 7) is 13.9. The topological polar surface area (TPSA) is 40.5 Å². The Morgan fingerprint density at radius 3 is 2.62 bits per heavy atom. The molecule has 0 heterocycles. The molecule has 0 amide bonds. The zero-order valence-corrected chi connectivity index (χ0v) is 19.3. The van der Waals surface area contributed by atoms with E-state index < -0.39 is 5.60 Å². The summed E-state index contributed by atoms with van der Waals surface area (Å²) in [6.07, 6.45) is 13.1. The van der Waals surface area contributed by atoms with Crippen molar-refractivity contribution in [2.45, 2.75) is 104 Å². The van der Waals surface area contributed by atoms with E-state index in [0.717, 1.165) is 42.6 Å². The zero-order valence-electron chi connectivity index (χ0n) is 19.3. The Hall–Kier alpha value is -0.600. The molecule has 2 N–H and O–H groups in total. The number of aliphatic hydroxyl groups is 2. The quantitative estimate of drug-likeness (QED) is 0.533. The highest BCUT2D eigenvalue weighted by atomic mass is 16.3. The molecule has 0 radical (unpaired) electrons. The Morgan fingerprint density at radius 2 is 1.90 bits per heavy atom. The number of rotatable bonds is 5. The smallest absolute Gasteiger partial charge is 0.0889 e. The molecule has 0 bridgehead atoms. The lowest BCUT2D eigenvalue weighted by molar-refractivity contribution is -0.112. The first-order valence-electron chi connectivity index (χ1n) is 12.4. The summed E-state index contributed by atoms with van der Waals surface area (Å²) in [5.74, 6) is 4.00. The van der Waals surface area contributed by atoms with Gasteiger partial charge in [-0.3, -0.25) is 0 Å². The SMILES string of the molecule is C=C(CCC(C)C1CCC2C3CC=C4CC(O)CCC4(O)C3CCC12C)C(C)C. The second-order valence-corrected chi connectivity index (χ2v) is 11.7. The second kappa shape index (κ2) is 7.83. The van der Waals surface area contributed by atoms with Gasteiger partial charge in [0, 0.05) is 0 Å². The highest BCUT2D eigenvalue weighted by molar-refractivity contribution is 5.28. The van der Waals surface area contributed by atoms with Crippen molar-refractivity contribution in [2.75, 3.05) is 0 Å². The molecule has 0 aromatic heterocycles. The van der Waals surface area contributed by atoms with Crippen LogP contribution in [0.4, 0.5) is 0 Å². The van der Waals surface area contributed by atoms with E-state index in [2.05, 4.69) is 40.3 Å². The fourth-order valence-corrected chi connectivity index (χ4v) is 8.13. The van der Waals surface area contributed by atoms with Crippen molar-refractivity contribution in [3.05, 3.63) is 23.8 Å². The summed E-state index contributed by atoms with van der Waals surface area (Å²) in [6, 6.07) is 0. The highest BCUT2D eigenvalue weighted by Crippen LogP contribution is 2.65. The number of aliphatic hydroxyl groups excluding tert-OH is 1. The predicted octanol–water partition coefficient (Wildman–Crippen LogP) is 6.28. The van der Waals surface area contributed by atoms with Gasteiger partial charge in [-0.15, -0.1) is 0 Å². The molecule has 0 saturated heterocycles. The Kier molecular flexibility index (Phi) is 5.84. The lowest BCUT2D eigenvalue weighted by Crippen LogP contribution is -2.55. The van der Waals surface area contributed by atoms with Crippen molar-refractivity contribution in [1.29, 1.82) is 0 Å². The van der Waals surface area contributed by atoms with Gasteiger partial charge in [-0.1, -0.05) is 45.9 Å². The van der Waals surface area contributed by atoms with Crippen LogP contribution in [0.1, 0.15) is 91.9 Å². The molecule has 3 fully saturated rings. The Balaban J connectivity index is 1.49. The number of hydrogen-bond donors (Lipinski definition) is 2. The van der Waals surface area contributed by atoms with Crippen molar-refractivity contribution in [2.24, 2.45) is 40.9 Å². The van der Waals surface area contributed by atoms with Crippen molar-refractivity contribution in [3.63, 3.8) is 0 Å². The lowest BCUT2D eigenvalue weighted by Gasteiger charge is -2.57. The van der Waals surface area contributed by atoms with Crippen molar-refractivity contribution < 1.29 is 10.2 Å². The van der Waals surface area contributed by atoms with E-state index in [0.29, 0.717) is 29.6 Å². The van der Waals surface area contributed by atoms with Gasteiger partial charge in [0.05, 0.1) is 11.7 Å². The summed E-state index contributed by atoms with van der Waals surface area (Å²) in [5, 5.41) is 21.8. The molecule has 8 atom stereocenters. The van der Waals surface area contributed by atoms with E-state index in [-0.39, 0.29) is 6.10 Å². The van der Waals surface area contributed by atoms with E-state index in [4.69, 9.17) is 0 Å². The van der Waals surface area contributed by atoms with Gasteiger partial charge in [-0.25, -0.2) is 0 Å². The third-order valence-electron chi connectivity index (χ3n) is 10.1. The number of allylic oxidation sites excluding steroid dienone is 2. The van der Waals surface area contributed by atoms with Crippen LogP contribution in [-0.4, -0.2) is 21.9 Å². The maximum absolute atomic E-state index is 11.7. The maximum atomic E-state index is 11.7. The summed E-state index contributed by atoms with van der Waals surface area (Å²) in [7, 11) is 0. The van der Waals surface area contributed by atoms with E-state index >= 15 is 0 Å². The molecular weight excluding hydrogens is 356 g/mol. The van der Waals surface area contributed by atoms with Crippen LogP contribution in [0, 0.1) is 40.9 Å². The van der Waals surface area contributed by atoms with E-state index in [1.807, 2.05) is 0 Å². The van der Waals surface area contributed by atoms with Crippen LogP contribution in [0.15, 0.2) is 23.8 Å². The Bertz CT molecular complexity index is 663. The monoisotopic (exact) mass is 400 g/mol. The van der Waals surface area contributed by atoms with Crippen LogP contribution in [0.3, 0.4) is 0 Å². The van der Waals surface area contributed by atoms with Crippen LogP contribution >= 0.6 is 0 Å². The van der Waals surface area contributed by atoms with Gasteiger partial charge >= 0.3 is 0 Å². The van der Waals surface area contributed by atoms with Crippen LogP contribution in [0.25, 0.3) is 0 Å². The first kappa shape index (κ1) is 21.6. The minimum absolute atomic E-state index is 0.246. The van der Waals surface area contributed by atoms with Crippen LogP contribution < -0.4 is 0 Å². The molecule has 4 rings (SSSR count). The molecular formula is C27H44O2. The molecule has 0 aliphatic heterocycles. The molecule has 0 aromatic carbocycles. The first-order chi connectivity index (χ1) is 13.7. The Labute approximate surface area is 178 Å². The van der Waals surface area contributed by atoms with Gasteiger partial charge in [0.25, 0.3) is 0 Å².